The SMILES string of the molecule is Cn1c(=O)c2c(-c3ccc(Cl)cc3Cl)n3c(c2n(C)c1=O)[C@H](c1ccccc1)OCC3(C)C. The monoisotopic (exact) mass is 483 g/mol. The lowest BCUT2D eigenvalue weighted by Crippen LogP contribution is -2.40. The van der Waals surface area contributed by atoms with Crippen molar-refractivity contribution < 1.29 is 4.74 Å². The molecule has 1 aliphatic heterocycles. The predicted octanol–water partition coefficient (Wildman–Crippen LogP) is 4.87. The first-order valence-electron chi connectivity index (χ1n) is 10.6. The number of fused-ring (bicyclic) bond motifs is 3. The lowest BCUT2D eigenvalue weighted by molar-refractivity contribution is -0.00707. The Morgan fingerprint density at radius 3 is 2.36 bits per heavy atom. The highest BCUT2D eigenvalue weighted by Crippen LogP contribution is 2.46. The molecule has 0 bridgehead atoms. The molecule has 4 aromatic rings. The molecule has 8 heteroatoms. The third-order valence-corrected chi connectivity index (χ3v) is 6.90. The van der Waals surface area contributed by atoms with E-state index in [9.17, 15) is 9.59 Å². The molecule has 1 atom stereocenters. The molecule has 33 heavy (non-hydrogen) atoms. The molecule has 2 aromatic carbocycles. The largest absolute Gasteiger partial charge is 0.365 e. The van der Waals surface area contributed by atoms with Gasteiger partial charge >= 0.3 is 5.69 Å². The van der Waals surface area contributed by atoms with E-state index in [1.54, 1.807) is 19.2 Å². The number of rotatable bonds is 2. The number of hydrogen-bond donors (Lipinski definition) is 0. The summed E-state index contributed by atoms with van der Waals surface area (Å²) in [7, 11) is 3.17. The zero-order valence-corrected chi connectivity index (χ0v) is 20.2. The average molecular weight is 484 g/mol. The van der Waals surface area contributed by atoms with E-state index in [1.165, 1.54) is 11.6 Å². The van der Waals surface area contributed by atoms with Crippen LogP contribution in [-0.4, -0.2) is 20.3 Å². The Labute approximate surface area is 200 Å². The zero-order valence-electron chi connectivity index (χ0n) is 18.7. The van der Waals surface area contributed by atoms with Gasteiger partial charge in [0.2, 0.25) is 0 Å². The summed E-state index contributed by atoms with van der Waals surface area (Å²) in [5.74, 6) is 0. The molecule has 0 aliphatic carbocycles. The van der Waals surface area contributed by atoms with Gasteiger partial charge in [0.1, 0.15) is 6.10 Å². The minimum Gasteiger partial charge on any atom is -0.365 e. The lowest BCUT2D eigenvalue weighted by atomic mass is 9.98. The second-order valence-corrected chi connectivity index (χ2v) is 9.88. The van der Waals surface area contributed by atoms with Crippen LogP contribution in [0.25, 0.3) is 22.2 Å². The van der Waals surface area contributed by atoms with Crippen molar-refractivity contribution in [3.63, 3.8) is 0 Å². The first-order valence-corrected chi connectivity index (χ1v) is 11.4. The van der Waals surface area contributed by atoms with Crippen molar-refractivity contribution in [2.24, 2.45) is 14.1 Å². The molecule has 0 saturated carbocycles. The number of halogens is 2. The molecule has 0 saturated heterocycles. The summed E-state index contributed by atoms with van der Waals surface area (Å²) in [6, 6.07) is 15.0. The van der Waals surface area contributed by atoms with Crippen LogP contribution in [0.15, 0.2) is 58.1 Å². The summed E-state index contributed by atoms with van der Waals surface area (Å²) in [4.78, 5) is 26.6. The Kier molecular flexibility index (Phi) is 5.08. The van der Waals surface area contributed by atoms with Crippen molar-refractivity contribution in [3.8, 4) is 11.3 Å². The highest BCUT2D eigenvalue weighted by Gasteiger charge is 2.41. The van der Waals surface area contributed by atoms with Gasteiger partial charge in [0, 0.05) is 24.7 Å². The van der Waals surface area contributed by atoms with Crippen LogP contribution in [0.4, 0.5) is 0 Å². The van der Waals surface area contributed by atoms with Crippen molar-refractivity contribution >= 4 is 34.1 Å². The molecule has 0 amide bonds. The Morgan fingerprint density at radius 1 is 1.00 bits per heavy atom. The summed E-state index contributed by atoms with van der Waals surface area (Å²) in [5.41, 5.74) is 2.29. The maximum absolute atomic E-state index is 13.6. The number of hydrogen-bond acceptors (Lipinski definition) is 3. The van der Waals surface area contributed by atoms with Crippen LogP contribution in [0.1, 0.15) is 31.2 Å². The molecule has 5 rings (SSSR count). The molecule has 0 spiro atoms. The molecule has 0 unspecified atom stereocenters. The van der Waals surface area contributed by atoms with Gasteiger partial charge in [-0.15, -0.1) is 0 Å². The van der Waals surface area contributed by atoms with E-state index in [0.29, 0.717) is 38.8 Å². The second kappa shape index (κ2) is 7.62. The van der Waals surface area contributed by atoms with Gasteiger partial charge in [-0.3, -0.25) is 13.9 Å². The van der Waals surface area contributed by atoms with E-state index >= 15 is 0 Å². The first kappa shape index (κ1) is 22.0. The molecule has 3 heterocycles. The normalized spacial score (nSPS) is 17.3. The maximum Gasteiger partial charge on any atom is 0.331 e. The maximum atomic E-state index is 13.6. The van der Waals surface area contributed by atoms with Gasteiger partial charge in [-0.2, -0.15) is 0 Å². The zero-order chi connectivity index (χ0) is 23.7. The van der Waals surface area contributed by atoms with Crippen LogP contribution in [0.2, 0.25) is 10.0 Å². The van der Waals surface area contributed by atoms with E-state index < -0.39 is 17.3 Å². The highest BCUT2D eigenvalue weighted by molar-refractivity contribution is 6.36. The minimum absolute atomic E-state index is 0.376. The quantitative estimate of drug-likeness (QED) is 0.408. The Morgan fingerprint density at radius 2 is 1.70 bits per heavy atom. The summed E-state index contributed by atoms with van der Waals surface area (Å²) in [6.45, 7) is 4.51. The molecule has 0 N–H and O–H groups in total. The summed E-state index contributed by atoms with van der Waals surface area (Å²) in [5, 5.41) is 1.36. The number of aromatic nitrogens is 3. The third-order valence-electron chi connectivity index (χ3n) is 6.35. The second-order valence-electron chi connectivity index (χ2n) is 9.04. The molecular weight excluding hydrogens is 461 g/mol. The van der Waals surface area contributed by atoms with E-state index in [0.717, 1.165) is 15.8 Å². The Hall–Kier alpha value is -2.80. The molecule has 0 radical (unpaired) electrons. The number of nitrogens with zero attached hydrogens (tertiary/aromatic N) is 3. The van der Waals surface area contributed by atoms with Gasteiger partial charge < -0.3 is 9.30 Å². The fourth-order valence-electron chi connectivity index (χ4n) is 4.82. The van der Waals surface area contributed by atoms with Gasteiger partial charge in [-0.1, -0.05) is 53.5 Å². The van der Waals surface area contributed by atoms with Gasteiger partial charge in [0.05, 0.1) is 39.5 Å². The summed E-state index contributed by atoms with van der Waals surface area (Å²) < 4.78 is 11.2. The molecular formula is C25H23Cl2N3O3. The van der Waals surface area contributed by atoms with Crippen LogP contribution in [0.3, 0.4) is 0 Å². The number of benzene rings is 2. The Balaban J connectivity index is 2.04. The smallest absolute Gasteiger partial charge is 0.331 e. The van der Waals surface area contributed by atoms with Crippen LogP contribution in [-0.2, 0) is 24.4 Å². The summed E-state index contributed by atoms with van der Waals surface area (Å²) in [6.07, 6.45) is -0.459. The van der Waals surface area contributed by atoms with Crippen LogP contribution < -0.4 is 11.2 Å². The predicted molar refractivity (Wildman–Crippen MR) is 131 cm³/mol. The molecule has 6 nitrogen and oxygen atoms in total. The van der Waals surface area contributed by atoms with E-state index in [4.69, 9.17) is 27.9 Å². The molecule has 2 aromatic heterocycles. The highest BCUT2D eigenvalue weighted by atomic mass is 35.5. The number of ether oxygens (including phenoxy) is 1. The Bertz CT molecular complexity index is 1530. The van der Waals surface area contributed by atoms with E-state index in [2.05, 4.69) is 4.57 Å². The van der Waals surface area contributed by atoms with Gasteiger partial charge in [0.15, 0.2) is 0 Å². The van der Waals surface area contributed by atoms with Gasteiger partial charge in [0.25, 0.3) is 5.56 Å². The number of aryl methyl sites for hydroxylation is 1. The van der Waals surface area contributed by atoms with Crippen LogP contribution in [0.5, 0.6) is 0 Å². The third kappa shape index (κ3) is 3.20. The fourth-order valence-corrected chi connectivity index (χ4v) is 5.31. The first-order chi connectivity index (χ1) is 15.6. The lowest BCUT2D eigenvalue weighted by Gasteiger charge is -2.39. The van der Waals surface area contributed by atoms with Gasteiger partial charge in [-0.25, -0.2) is 4.79 Å². The van der Waals surface area contributed by atoms with Crippen molar-refractivity contribution in [1.29, 1.82) is 0 Å². The standard InChI is InChI=1S/C25H23Cl2N3O3/c1-25(2)13-33-22(14-8-6-5-7-9-14)21-20-18(23(31)29(4)24(32)28(20)3)19(30(21)25)16-11-10-15(26)12-17(16)27/h5-12,22H,13H2,1-4H3/t22-/m0/s1. The topological polar surface area (TPSA) is 58.2 Å². The molecule has 0 fully saturated rings. The molecule has 170 valence electrons. The fraction of sp³-hybridized carbons (Fsp3) is 0.280. The van der Waals surface area contributed by atoms with Crippen molar-refractivity contribution in [2.75, 3.05) is 6.61 Å². The van der Waals surface area contributed by atoms with Gasteiger partial charge in [-0.05, 0) is 37.6 Å². The van der Waals surface area contributed by atoms with E-state index in [-0.39, 0.29) is 5.56 Å². The van der Waals surface area contributed by atoms with Crippen LogP contribution >= 0.6 is 23.2 Å². The van der Waals surface area contributed by atoms with Crippen molar-refractivity contribution in [1.82, 2.24) is 13.7 Å². The minimum atomic E-state index is -0.515. The van der Waals surface area contributed by atoms with Crippen molar-refractivity contribution in [2.45, 2.75) is 25.5 Å². The molecule has 1 aliphatic rings. The summed E-state index contributed by atoms with van der Waals surface area (Å²) >= 11 is 12.8. The van der Waals surface area contributed by atoms with Crippen molar-refractivity contribution in [3.05, 3.63) is 90.7 Å². The van der Waals surface area contributed by atoms with Crippen LogP contribution in [0, 0.1) is 0 Å². The van der Waals surface area contributed by atoms with E-state index in [1.807, 2.05) is 50.2 Å². The average Bonchev–Trinajstić information content (AvgIpc) is 3.14.